The highest BCUT2D eigenvalue weighted by Gasteiger charge is 2.10. The van der Waals surface area contributed by atoms with Crippen molar-refractivity contribution in [2.24, 2.45) is 0 Å². The Labute approximate surface area is 140 Å². The van der Waals surface area contributed by atoms with Crippen molar-refractivity contribution in [3.63, 3.8) is 0 Å². The first-order valence-corrected chi connectivity index (χ1v) is 9.46. The number of benzene rings is 1. The molecule has 1 heterocycles. The molecule has 0 aliphatic rings. The van der Waals surface area contributed by atoms with Gasteiger partial charge in [0.1, 0.15) is 0 Å². The molecule has 2 aromatic rings. The van der Waals surface area contributed by atoms with E-state index in [2.05, 4.69) is 69.9 Å². The van der Waals surface area contributed by atoms with Gasteiger partial charge in [0.25, 0.3) is 0 Å². The van der Waals surface area contributed by atoms with Crippen molar-refractivity contribution < 1.29 is 0 Å². The van der Waals surface area contributed by atoms with Crippen LogP contribution in [0.1, 0.15) is 36.6 Å². The molecule has 0 bridgehead atoms. The zero-order valence-electron chi connectivity index (χ0n) is 12.6. The summed E-state index contributed by atoms with van der Waals surface area (Å²) < 4.78 is 1.23. The Morgan fingerprint density at radius 1 is 1.19 bits per heavy atom. The lowest BCUT2D eigenvalue weighted by molar-refractivity contribution is 0.464. The van der Waals surface area contributed by atoms with Crippen LogP contribution >= 0.6 is 27.3 Å². The van der Waals surface area contributed by atoms with Gasteiger partial charge >= 0.3 is 0 Å². The van der Waals surface area contributed by atoms with Crippen LogP contribution in [0.4, 0.5) is 0 Å². The van der Waals surface area contributed by atoms with Crippen LogP contribution in [-0.4, -0.2) is 12.6 Å². The first kappa shape index (κ1) is 16.7. The fraction of sp³-hybridized carbons (Fsp3) is 0.444. The lowest BCUT2D eigenvalue weighted by Crippen LogP contribution is -2.32. The van der Waals surface area contributed by atoms with E-state index in [-0.39, 0.29) is 0 Å². The summed E-state index contributed by atoms with van der Waals surface area (Å²) in [6, 6.07) is 13.5. The molecule has 1 nitrogen and oxygen atoms in total. The molecule has 3 heteroatoms. The molecule has 0 radical (unpaired) electrons. The molecule has 0 saturated carbocycles. The molecular weight excluding hydrogens is 342 g/mol. The molecule has 1 atom stereocenters. The minimum Gasteiger partial charge on any atom is -0.314 e. The van der Waals surface area contributed by atoms with Gasteiger partial charge in [-0.1, -0.05) is 47.1 Å². The summed E-state index contributed by atoms with van der Waals surface area (Å²) in [5, 5.41) is 5.88. The second-order valence-electron chi connectivity index (χ2n) is 5.42. The maximum Gasteiger partial charge on any atom is 0.0207 e. The number of thiophene rings is 1. The van der Waals surface area contributed by atoms with E-state index in [0.29, 0.717) is 6.04 Å². The minimum atomic E-state index is 0.573. The molecule has 0 aliphatic carbocycles. The normalized spacial score (nSPS) is 12.5. The van der Waals surface area contributed by atoms with Gasteiger partial charge in [0.2, 0.25) is 0 Å². The topological polar surface area (TPSA) is 12.0 Å². The second kappa shape index (κ2) is 9.39. The van der Waals surface area contributed by atoms with Gasteiger partial charge in [0.05, 0.1) is 0 Å². The van der Waals surface area contributed by atoms with Crippen molar-refractivity contribution in [2.45, 2.75) is 45.1 Å². The molecule has 21 heavy (non-hydrogen) atoms. The second-order valence-corrected chi connectivity index (χ2v) is 7.30. The third-order valence-corrected chi connectivity index (χ3v) is 5.37. The van der Waals surface area contributed by atoms with E-state index < -0.39 is 0 Å². The van der Waals surface area contributed by atoms with E-state index in [0.717, 1.165) is 13.0 Å². The number of hydrogen-bond donors (Lipinski definition) is 1. The lowest BCUT2D eigenvalue weighted by atomic mass is 10.0. The largest absolute Gasteiger partial charge is 0.314 e. The van der Waals surface area contributed by atoms with E-state index in [1.54, 1.807) is 0 Å². The van der Waals surface area contributed by atoms with Crippen LogP contribution in [0.5, 0.6) is 0 Å². The molecule has 1 aromatic carbocycles. The fourth-order valence-electron chi connectivity index (χ4n) is 2.53. The zero-order chi connectivity index (χ0) is 14.9. The molecule has 0 amide bonds. The average molecular weight is 366 g/mol. The predicted octanol–water partition coefficient (Wildman–Crippen LogP) is 5.44. The van der Waals surface area contributed by atoms with E-state index in [4.69, 9.17) is 0 Å². The first-order chi connectivity index (χ1) is 10.3. The highest BCUT2D eigenvalue weighted by molar-refractivity contribution is 9.10. The van der Waals surface area contributed by atoms with Crippen LogP contribution in [0.25, 0.3) is 0 Å². The quantitative estimate of drug-likeness (QED) is 0.623. The maximum atomic E-state index is 3.71. The van der Waals surface area contributed by atoms with Crippen molar-refractivity contribution >= 4 is 27.3 Å². The highest BCUT2D eigenvalue weighted by atomic mass is 79.9. The molecule has 0 aliphatic heterocycles. The summed E-state index contributed by atoms with van der Waals surface area (Å²) in [5.74, 6) is 0. The average Bonchev–Trinajstić information content (AvgIpc) is 3.00. The fourth-order valence-corrected chi connectivity index (χ4v) is 3.73. The molecule has 0 fully saturated rings. The van der Waals surface area contributed by atoms with Crippen LogP contribution in [0.3, 0.4) is 0 Å². The Morgan fingerprint density at radius 3 is 2.76 bits per heavy atom. The third kappa shape index (κ3) is 5.93. The van der Waals surface area contributed by atoms with Crippen LogP contribution in [0, 0.1) is 0 Å². The van der Waals surface area contributed by atoms with Gasteiger partial charge in [-0.05, 0) is 61.7 Å². The van der Waals surface area contributed by atoms with Gasteiger partial charge in [0, 0.05) is 15.4 Å². The van der Waals surface area contributed by atoms with Crippen molar-refractivity contribution in [2.75, 3.05) is 6.54 Å². The highest BCUT2D eigenvalue weighted by Crippen LogP contribution is 2.20. The number of halogens is 1. The first-order valence-electron chi connectivity index (χ1n) is 7.78. The zero-order valence-corrected chi connectivity index (χ0v) is 15.1. The monoisotopic (exact) mass is 365 g/mol. The Hall–Kier alpha value is -0.640. The van der Waals surface area contributed by atoms with E-state index >= 15 is 0 Å². The van der Waals surface area contributed by atoms with Crippen LogP contribution in [0.2, 0.25) is 0 Å². The van der Waals surface area contributed by atoms with Gasteiger partial charge < -0.3 is 5.32 Å². The number of aryl methyl sites for hydroxylation is 1. The van der Waals surface area contributed by atoms with Crippen LogP contribution in [0.15, 0.2) is 46.3 Å². The minimum absolute atomic E-state index is 0.573. The van der Waals surface area contributed by atoms with E-state index in [9.17, 15) is 0 Å². The summed E-state index contributed by atoms with van der Waals surface area (Å²) in [5.41, 5.74) is 1.40. The molecule has 0 spiro atoms. The number of hydrogen-bond acceptors (Lipinski definition) is 2. The molecule has 114 valence electrons. The van der Waals surface area contributed by atoms with Gasteiger partial charge in [-0.2, -0.15) is 0 Å². The summed E-state index contributed by atoms with van der Waals surface area (Å²) in [4.78, 5) is 1.50. The van der Waals surface area contributed by atoms with Gasteiger partial charge in [-0.3, -0.25) is 0 Å². The standard InChI is InChI=1S/C18H24BrNS/c1-2-12-20-16(8-5-9-17-10-6-13-21-17)14-15-7-3-4-11-18(15)19/h3-4,6-7,10-11,13,16,20H,2,5,8-9,12,14H2,1H3. The van der Waals surface area contributed by atoms with Crippen molar-refractivity contribution in [3.8, 4) is 0 Å². The van der Waals surface area contributed by atoms with Gasteiger partial charge in [-0.25, -0.2) is 0 Å². The van der Waals surface area contributed by atoms with E-state index in [1.807, 2.05) is 11.3 Å². The Bertz CT molecular complexity index is 510. The molecule has 1 N–H and O–H groups in total. The number of nitrogens with one attached hydrogen (secondary N) is 1. The van der Waals surface area contributed by atoms with Crippen LogP contribution < -0.4 is 5.32 Å². The molecular formula is C18H24BrNS. The van der Waals surface area contributed by atoms with Crippen molar-refractivity contribution in [1.82, 2.24) is 5.32 Å². The van der Waals surface area contributed by atoms with Crippen molar-refractivity contribution in [3.05, 3.63) is 56.7 Å². The predicted molar refractivity (Wildman–Crippen MR) is 97.2 cm³/mol. The summed E-state index contributed by atoms with van der Waals surface area (Å²) in [6.45, 7) is 3.34. The van der Waals surface area contributed by atoms with E-state index in [1.165, 1.54) is 40.6 Å². The number of rotatable bonds is 9. The van der Waals surface area contributed by atoms with Crippen LogP contribution in [-0.2, 0) is 12.8 Å². The lowest BCUT2D eigenvalue weighted by Gasteiger charge is -2.19. The van der Waals surface area contributed by atoms with Gasteiger partial charge in [-0.15, -0.1) is 11.3 Å². The smallest absolute Gasteiger partial charge is 0.0207 e. The molecule has 0 saturated heterocycles. The van der Waals surface area contributed by atoms with Crippen molar-refractivity contribution in [1.29, 1.82) is 0 Å². The Morgan fingerprint density at radius 2 is 2.05 bits per heavy atom. The molecule has 1 aromatic heterocycles. The Kier molecular flexibility index (Phi) is 7.48. The molecule has 1 unspecified atom stereocenters. The third-order valence-electron chi connectivity index (χ3n) is 3.66. The SMILES string of the molecule is CCCNC(CCCc1cccs1)Cc1ccccc1Br. The summed E-state index contributed by atoms with van der Waals surface area (Å²) in [6.07, 6.45) is 5.99. The maximum absolute atomic E-state index is 3.71. The summed E-state index contributed by atoms with van der Waals surface area (Å²) in [7, 11) is 0. The Balaban J connectivity index is 1.86. The summed E-state index contributed by atoms with van der Waals surface area (Å²) >= 11 is 5.54. The van der Waals surface area contributed by atoms with Gasteiger partial charge in [0.15, 0.2) is 0 Å². The molecule has 2 rings (SSSR count).